The zero-order chi connectivity index (χ0) is 101. The van der Waals surface area contributed by atoms with Gasteiger partial charge in [-0.15, -0.1) is 11.1 Å². The van der Waals surface area contributed by atoms with Gasteiger partial charge >= 0.3 is 23.5 Å². The summed E-state index contributed by atoms with van der Waals surface area (Å²) in [6.45, 7) is 47.1. The number of anilines is 2. The second kappa shape index (κ2) is 45.1. The number of nitrogens with two attached hydrogens (primary N) is 1. The number of fused-ring (bicyclic) bond motifs is 30. The molecule has 4 aromatic rings. The number of phenolic OH excluding ortho intramolecular Hbond substituents is 6. The number of hydrogen-bond donors (Lipinski definition) is 13. The molecule has 2 saturated heterocycles. The number of piperazine rings is 2. The third-order valence-corrected chi connectivity index (χ3v) is 28.4. The van der Waals surface area contributed by atoms with E-state index in [4.69, 9.17) is 48.8 Å². The average Bonchev–Trinajstić information content (AvgIpc) is 1.62. The molecule has 0 aromatic heterocycles. The van der Waals surface area contributed by atoms with Gasteiger partial charge in [0.25, 0.3) is 23.4 Å². The number of Topliss-reactive ketones (excluding diaryl/α,β-unsaturated/α-hetero) is 2. The largest absolute Gasteiger partial charge is 0.507 e. The molecule has 2 fully saturated rings. The standard InChI is InChI=1S/C50H70N4O12Si.C39H49NO13.C11H24N3Si/c1-28-17-14-15-18-29(2)49(62)52-40-35(27-51-53-20-23-54(9,24-21-53)22-16-26-67(11,12)13)44(59)37-38(45(40)60)43(58)33(6)47-39(37)48(61)50(8,66-47)64-25-19-36(63-10)30(3)46(65-34(7)55)32(5)42(57)31(4)41(28)56;1-17-12-10-11-13-18(2)38(49)40-29-24(16-41)33(46)26-27(34(29)47)32(45)22(6)36-28(26)37(48)39(8,53-36)51-15-14-25(50-9)19(3)35(52-23(7)42)21(5)31(44)20(4)30(17)43;1-14(8-5-11-15(2,3)4)9-6-13(12)7-10-14/h14-15,18-19,25,27-28,30-32,36,41-42,46,56-57H,17,20-24H2,1-13H3,(H3-,51,52,58,59,60,61,62);10-11,13-17,19-21,25,30-31,35,43-47H,12H2,1-9H3,(H,40,49);6-10,12H2,1-4H3/q;;+1/p+1/b15-14+,25-19+,29-18-;11-10+,15-14+,18-13-;/t28-,30+,31+,32+,36-,41-,42+,46+,50-;17-,19+,20+,21+,25-,30-,31+,35+,39-;/m00./s1. The van der Waals surface area contributed by atoms with E-state index >= 15 is 0 Å². The number of rotatable bonds is 9. The lowest BCUT2D eigenvalue weighted by Crippen LogP contribution is -2.58. The number of quaternary nitrogens is 2. The van der Waals surface area contributed by atoms with E-state index in [1.807, 2.05) is 16.9 Å². The minimum atomic E-state index is -2.08. The number of aliphatic hydroxyl groups is 4. The number of carbonyl (C=O) groups excluding carboxylic acids is 7. The fourth-order valence-electron chi connectivity index (χ4n) is 17.6. The van der Waals surface area contributed by atoms with E-state index in [9.17, 15) is 84.6 Å². The maximum absolute atomic E-state index is 14.6. The zero-order valence-corrected chi connectivity index (χ0v) is 85.1. The summed E-state index contributed by atoms with van der Waals surface area (Å²) in [6.07, 6.45) is 9.77. The molecule has 14 N–H and O–H groups in total. The first-order valence-corrected chi connectivity index (χ1v) is 52.9. The van der Waals surface area contributed by atoms with Crippen molar-refractivity contribution >= 4 is 96.9 Å². The number of likely N-dealkylation sites (N-methyl/N-ethyl adjacent to an activating group) is 2. The van der Waals surface area contributed by atoms with E-state index in [1.165, 1.54) is 93.4 Å². The number of ketones is 2. The van der Waals surface area contributed by atoms with Gasteiger partial charge in [0.05, 0.1) is 166 Å². The number of aldehydes is 1. The van der Waals surface area contributed by atoms with Crippen LogP contribution in [0.25, 0.3) is 21.5 Å². The molecule has 0 spiro atoms. The Morgan fingerprint density at radius 2 is 0.896 bits per heavy atom. The first kappa shape index (κ1) is 110. The van der Waals surface area contributed by atoms with Gasteiger partial charge in [0.15, 0.2) is 17.8 Å². The Morgan fingerprint density at radius 3 is 1.24 bits per heavy atom. The fourth-order valence-corrected chi connectivity index (χ4v) is 18.8. The lowest BCUT2D eigenvalue weighted by molar-refractivity contribution is -0.907. The molecular weight excluding hydrogens is 1770 g/mol. The van der Waals surface area contributed by atoms with Crippen LogP contribution in [0, 0.1) is 84.1 Å². The Balaban J connectivity index is 0.000000292. The summed E-state index contributed by atoms with van der Waals surface area (Å²) >= 11 is 0. The lowest BCUT2D eigenvalue weighted by Gasteiger charge is -2.39. The molecule has 8 heterocycles. The van der Waals surface area contributed by atoms with Crippen LogP contribution in [0.4, 0.5) is 11.4 Å². The molecular formula is C100H144N8O25Si2+2. The van der Waals surface area contributed by atoms with Crippen LogP contribution >= 0.6 is 0 Å². The molecule has 10 bridgehead atoms. The van der Waals surface area contributed by atoms with Gasteiger partial charge in [0.2, 0.25) is 0 Å². The van der Waals surface area contributed by atoms with Crippen molar-refractivity contribution in [3.63, 3.8) is 0 Å². The van der Waals surface area contributed by atoms with Crippen LogP contribution in [-0.4, -0.2) is 288 Å². The maximum atomic E-state index is 14.6. The number of hydrazine groups is 1. The fraction of sp³-hybridized carbons (Fsp3) is 0.560. The van der Waals surface area contributed by atoms with Gasteiger partial charge in [0.1, 0.15) is 75.9 Å². The third kappa shape index (κ3) is 25.6. The molecule has 740 valence electrons. The minimum Gasteiger partial charge on any atom is -0.507 e. The van der Waals surface area contributed by atoms with Crippen molar-refractivity contribution in [3.8, 4) is 68.9 Å². The number of ether oxygens (including phenoxy) is 8. The van der Waals surface area contributed by atoms with E-state index in [0.717, 1.165) is 61.0 Å². The van der Waals surface area contributed by atoms with Gasteiger partial charge in [-0.1, -0.05) is 143 Å². The highest BCUT2D eigenvalue weighted by Gasteiger charge is 2.53. The topological polar surface area (TPSA) is 465 Å². The number of nitrogens with one attached hydrogen (secondary N) is 2. The molecule has 33 nitrogen and oxygen atoms in total. The normalized spacial score (nSPS) is 30.1. The highest BCUT2D eigenvalue weighted by atomic mass is 28.3. The van der Waals surface area contributed by atoms with Crippen molar-refractivity contribution in [2.24, 2.45) is 58.3 Å². The summed E-state index contributed by atoms with van der Waals surface area (Å²) in [5, 5.41) is 128. The van der Waals surface area contributed by atoms with Crippen molar-refractivity contribution in [1.82, 2.24) is 10.0 Å². The molecule has 0 radical (unpaired) electrons. The summed E-state index contributed by atoms with van der Waals surface area (Å²) in [5.41, 5.74) is 5.36. The molecule has 2 amide bonds. The van der Waals surface area contributed by atoms with Gasteiger partial charge in [-0.05, 0) is 64.5 Å². The van der Waals surface area contributed by atoms with Gasteiger partial charge in [-0.25, -0.2) is 5.01 Å². The number of amides is 2. The number of nitrogens with zero attached hydrogens (tertiary/aromatic N) is 5. The van der Waals surface area contributed by atoms with Crippen molar-refractivity contribution < 1.29 is 131 Å². The van der Waals surface area contributed by atoms with Crippen LogP contribution in [0.15, 0.2) is 77.4 Å². The van der Waals surface area contributed by atoms with E-state index in [-0.39, 0.29) is 85.0 Å². The SMILES string of the molecule is CO[C@H]1/C=C/O[C@@]2(C)Oc3c(C)c(O)c4c(O)c(c(/C=N/N5CC[N+](C)(CC#C[Si](C)(C)C)CC5)c(O)c4c3C2=O)NC(=O)/C(C)=C\C=C\C[C@H](C)[C@H](O)[C@@H](C)[C@@H](O)[C@@H](C)[C@H](OC(C)=O)[C@@H]1C.CO[C@H]1/C=C/O[C@@]2(C)Oc3c(C)c(O)c4c(O)c(c(C=O)c(O)c4c3C2=O)NC(=O)/C(C)=C\C=C\C[C@H](C)[C@H](O)[C@@H](C)[C@@H](O)[C@@H](C)[C@H](OC(C)=O)[C@@H]1C.C[N+]1(CC#C[Si](C)(C)C)CCN(N)CC1. The number of allylic oxidation sites excluding steroid dienone is 6. The van der Waals surface area contributed by atoms with E-state index < -0.39 is 204 Å². The summed E-state index contributed by atoms with van der Waals surface area (Å²) in [7, 11) is 4.56. The molecule has 135 heavy (non-hydrogen) atoms. The van der Waals surface area contributed by atoms with Gasteiger partial charge in [-0.3, -0.25) is 44.4 Å². The minimum absolute atomic E-state index is 0.000582. The number of hydrogen-bond acceptors (Lipinski definition) is 29. The molecule has 4 aromatic carbocycles. The van der Waals surface area contributed by atoms with Crippen LogP contribution in [-0.2, 0) is 47.6 Å². The molecule has 0 aliphatic carbocycles. The van der Waals surface area contributed by atoms with Gasteiger partial charge in [0, 0.05) is 110 Å². The number of aliphatic hydroxyl groups excluding tert-OH is 4. The van der Waals surface area contributed by atoms with Crippen molar-refractivity contribution in [2.45, 2.75) is 223 Å². The quantitative estimate of drug-likeness (QED) is 0.00852. The van der Waals surface area contributed by atoms with Crippen LogP contribution in [0.2, 0.25) is 39.3 Å². The third-order valence-electron chi connectivity index (χ3n) is 26.6. The van der Waals surface area contributed by atoms with Crippen molar-refractivity contribution in [1.29, 1.82) is 0 Å². The summed E-state index contributed by atoms with van der Waals surface area (Å²) in [6, 6.07) is 0. The summed E-state index contributed by atoms with van der Waals surface area (Å²) in [4.78, 5) is 92.8. The predicted molar refractivity (Wildman–Crippen MR) is 521 cm³/mol. The number of esters is 2. The average molecular weight is 1910 g/mol. The van der Waals surface area contributed by atoms with E-state index in [2.05, 4.69) is 86.9 Å². The maximum Gasteiger partial charge on any atom is 0.312 e. The molecule has 12 rings (SSSR count). The Bertz CT molecular complexity index is 5440. The number of methoxy groups -OCH3 is 2. The van der Waals surface area contributed by atoms with Crippen LogP contribution in [0.5, 0.6) is 46.0 Å². The first-order chi connectivity index (χ1) is 62.9. The van der Waals surface area contributed by atoms with Crippen molar-refractivity contribution in [2.75, 3.05) is 104 Å². The van der Waals surface area contributed by atoms with Gasteiger partial charge in [-0.2, -0.15) is 5.10 Å². The molecule has 8 aliphatic rings. The molecule has 18 atom stereocenters. The second-order valence-electron chi connectivity index (χ2n) is 39.9. The number of hydrazone groups is 1. The first-order valence-electron chi connectivity index (χ1n) is 45.9. The lowest BCUT2D eigenvalue weighted by atomic mass is 9.78. The molecule has 8 aliphatic heterocycles. The summed E-state index contributed by atoms with van der Waals surface area (Å²) < 4.78 is 48.8. The highest BCUT2D eigenvalue weighted by Crippen LogP contribution is 2.57. The number of benzene rings is 4. The monoisotopic (exact) mass is 1910 g/mol. The Hall–Kier alpha value is -10.6. The van der Waals surface area contributed by atoms with Crippen LogP contribution in [0.1, 0.15) is 158 Å². The molecule has 35 heteroatoms. The summed E-state index contributed by atoms with van der Waals surface area (Å²) in [5.74, 6) is -4.46. The van der Waals surface area contributed by atoms with Gasteiger partial charge < -0.3 is 109 Å². The Labute approximate surface area is 794 Å². The Morgan fingerprint density at radius 1 is 0.541 bits per heavy atom. The zero-order valence-electron chi connectivity index (χ0n) is 83.1. The predicted octanol–water partition coefficient (Wildman–Crippen LogP) is 11.6. The number of aromatic hydroxyl groups is 6. The smallest absolute Gasteiger partial charge is 0.312 e. The second-order valence-corrected chi connectivity index (χ2v) is 49.4. The van der Waals surface area contributed by atoms with E-state index in [0.29, 0.717) is 32.5 Å². The Kier molecular flexibility index (Phi) is 36.6. The number of phenols is 6. The molecule has 0 unspecified atom stereocenters. The molecule has 0 saturated carbocycles. The van der Waals surface area contributed by atoms with Crippen LogP contribution in [0.3, 0.4) is 0 Å². The highest BCUT2D eigenvalue weighted by molar-refractivity contribution is 6.84. The van der Waals surface area contributed by atoms with Crippen molar-refractivity contribution in [3.05, 3.63) is 106 Å². The number of carbonyl (C=O) groups is 7. The van der Waals surface area contributed by atoms with E-state index in [1.54, 1.807) is 85.8 Å². The van der Waals surface area contributed by atoms with Crippen LogP contribution < -0.4 is 25.9 Å².